The molecule has 0 bridgehead atoms. The number of rotatable bonds is 5. The molecule has 3 N–H and O–H groups in total. The maximum Gasteiger partial charge on any atom is 0.144 e. The standard InChI is InChI=1S/C22H23BrN6/c23-20(24)19-21(25)26-15-27-22(19)29-12-10-28(11-13-29)14-16-6-8-18(9-7-16)17-4-2-1-3-5-17/h1-9,15,24H,10-14H2,(H2,25,26,27). The third kappa shape index (κ3) is 4.46. The van der Waals surface area contributed by atoms with Crippen LogP contribution in [-0.4, -0.2) is 45.7 Å². The first-order valence-corrected chi connectivity index (χ1v) is 10.4. The number of anilines is 2. The summed E-state index contributed by atoms with van der Waals surface area (Å²) in [6.45, 7) is 4.46. The Bertz CT molecular complexity index is 982. The van der Waals surface area contributed by atoms with E-state index in [1.165, 1.54) is 23.0 Å². The minimum atomic E-state index is 0.214. The van der Waals surface area contributed by atoms with E-state index in [4.69, 9.17) is 11.1 Å². The Morgan fingerprint density at radius 2 is 1.59 bits per heavy atom. The van der Waals surface area contributed by atoms with Crippen molar-refractivity contribution in [2.24, 2.45) is 0 Å². The van der Waals surface area contributed by atoms with Gasteiger partial charge in [0.15, 0.2) is 0 Å². The number of benzene rings is 2. The lowest BCUT2D eigenvalue weighted by Crippen LogP contribution is -2.46. The van der Waals surface area contributed by atoms with Crippen LogP contribution in [0.4, 0.5) is 11.6 Å². The molecule has 0 amide bonds. The molecule has 3 aromatic rings. The van der Waals surface area contributed by atoms with Gasteiger partial charge in [-0.3, -0.25) is 10.3 Å². The van der Waals surface area contributed by atoms with Crippen molar-refractivity contribution in [1.82, 2.24) is 14.9 Å². The Labute approximate surface area is 179 Å². The van der Waals surface area contributed by atoms with E-state index in [1.54, 1.807) is 0 Å². The summed E-state index contributed by atoms with van der Waals surface area (Å²) in [5.74, 6) is 1.06. The number of hydrogen-bond donors (Lipinski definition) is 2. The van der Waals surface area contributed by atoms with Crippen molar-refractivity contribution in [1.29, 1.82) is 5.41 Å². The zero-order chi connectivity index (χ0) is 20.2. The van der Waals surface area contributed by atoms with Crippen molar-refractivity contribution in [3.63, 3.8) is 0 Å². The summed E-state index contributed by atoms with van der Waals surface area (Å²) in [6.07, 6.45) is 1.46. The number of piperazine rings is 1. The first-order valence-electron chi connectivity index (χ1n) is 9.58. The summed E-state index contributed by atoms with van der Waals surface area (Å²) in [5, 5.41) is 7.92. The molecule has 1 fully saturated rings. The lowest BCUT2D eigenvalue weighted by atomic mass is 10.0. The highest BCUT2D eigenvalue weighted by Gasteiger charge is 2.23. The van der Waals surface area contributed by atoms with Gasteiger partial charge in [-0.15, -0.1) is 0 Å². The highest BCUT2D eigenvalue weighted by atomic mass is 79.9. The number of halogens is 1. The van der Waals surface area contributed by atoms with E-state index in [2.05, 4.69) is 84.2 Å². The first-order chi connectivity index (χ1) is 14.1. The molecule has 4 rings (SSSR count). The van der Waals surface area contributed by atoms with E-state index in [9.17, 15) is 0 Å². The Hall–Kier alpha value is -2.77. The first kappa shape index (κ1) is 19.5. The molecule has 0 aliphatic carbocycles. The Balaban J connectivity index is 1.38. The molecule has 2 heterocycles. The molecule has 0 atom stereocenters. The topological polar surface area (TPSA) is 82.1 Å². The van der Waals surface area contributed by atoms with E-state index in [1.807, 2.05) is 6.07 Å². The number of nitrogens with two attached hydrogens (primary N) is 1. The molecule has 0 radical (unpaired) electrons. The van der Waals surface area contributed by atoms with Crippen LogP contribution in [0, 0.1) is 5.41 Å². The molecule has 0 spiro atoms. The zero-order valence-electron chi connectivity index (χ0n) is 16.1. The van der Waals surface area contributed by atoms with Gasteiger partial charge in [0.2, 0.25) is 0 Å². The van der Waals surface area contributed by atoms with Gasteiger partial charge in [0.1, 0.15) is 22.6 Å². The SMILES string of the molecule is N=C(Br)c1c(N)ncnc1N1CCN(Cc2ccc(-c3ccccc3)cc2)CC1. The normalized spacial score (nSPS) is 14.7. The number of nitrogens with one attached hydrogen (secondary N) is 1. The number of nitrogens with zero attached hydrogens (tertiary/aromatic N) is 4. The molecule has 29 heavy (non-hydrogen) atoms. The van der Waals surface area contributed by atoms with Crippen molar-refractivity contribution in [3.05, 3.63) is 72.1 Å². The van der Waals surface area contributed by atoms with E-state index >= 15 is 0 Å². The molecule has 148 valence electrons. The summed E-state index contributed by atoms with van der Waals surface area (Å²) < 4.78 is 0.214. The van der Waals surface area contributed by atoms with Crippen molar-refractivity contribution >= 4 is 32.2 Å². The second kappa shape index (κ2) is 8.71. The van der Waals surface area contributed by atoms with Gasteiger partial charge in [-0.25, -0.2) is 9.97 Å². The van der Waals surface area contributed by atoms with E-state index in [0.717, 1.165) is 38.5 Å². The second-order valence-corrected chi connectivity index (χ2v) is 7.89. The molecule has 0 saturated carbocycles. The predicted molar refractivity (Wildman–Crippen MR) is 122 cm³/mol. The molecule has 6 nitrogen and oxygen atoms in total. The van der Waals surface area contributed by atoms with Crippen LogP contribution < -0.4 is 10.6 Å². The molecule has 1 saturated heterocycles. The highest BCUT2D eigenvalue weighted by Crippen LogP contribution is 2.25. The van der Waals surface area contributed by atoms with Crippen LogP contribution in [0.2, 0.25) is 0 Å². The monoisotopic (exact) mass is 450 g/mol. The zero-order valence-corrected chi connectivity index (χ0v) is 17.6. The third-order valence-corrected chi connectivity index (χ3v) is 5.61. The van der Waals surface area contributed by atoms with Crippen molar-refractivity contribution < 1.29 is 0 Å². The summed E-state index contributed by atoms with van der Waals surface area (Å²) in [7, 11) is 0. The molecule has 0 unspecified atom stereocenters. The third-order valence-electron chi connectivity index (χ3n) is 5.22. The van der Waals surface area contributed by atoms with E-state index in [0.29, 0.717) is 11.4 Å². The smallest absolute Gasteiger partial charge is 0.144 e. The number of hydrogen-bond acceptors (Lipinski definition) is 6. The van der Waals surface area contributed by atoms with Gasteiger partial charge in [0.05, 0.1) is 5.56 Å². The van der Waals surface area contributed by atoms with Crippen molar-refractivity contribution in [2.45, 2.75) is 6.54 Å². The van der Waals surface area contributed by atoms with Crippen LogP contribution in [0.3, 0.4) is 0 Å². The summed E-state index contributed by atoms with van der Waals surface area (Å²) in [5.41, 5.74) is 10.3. The number of nitrogen functional groups attached to an aromatic ring is 1. The van der Waals surface area contributed by atoms with Crippen LogP contribution in [0.25, 0.3) is 11.1 Å². The van der Waals surface area contributed by atoms with Crippen molar-refractivity contribution in [3.8, 4) is 11.1 Å². The van der Waals surface area contributed by atoms with Crippen LogP contribution in [0.1, 0.15) is 11.1 Å². The van der Waals surface area contributed by atoms with Gasteiger partial charge in [0.25, 0.3) is 0 Å². The fraction of sp³-hybridized carbons (Fsp3) is 0.227. The molecule has 1 aromatic heterocycles. The van der Waals surface area contributed by atoms with Gasteiger partial charge >= 0.3 is 0 Å². The minimum absolute atomic E-state index is 0.214. The maximum atomic E-state index is 7.92. The van der Waals surface area contributed by atoms with Gasteiger partial charge in [-0.1, -0.05) is 54.6 Å². The lowest BCUT2D eigenvalue weighted by molar-refractivity contribution is 0.249. The van der Waals surface area contributed by atoms with Crippen LogP contribution in [0.5, 0.6) is 0 Å². The highest BCUT2D eigenvalue weighted by molar-refractivity contribution is 9.18. The van der Waals surface area contributed by atoms with E-state index < -0.39 is 0 Å². The predicted octanol–water partition coefficient (Wildman–Crippen LogP) is 3.77. The molecule has 1 aliphatic rings. The number of aromatic nitrogens is 2. The van der Waals surface area contributed by atoms with Gasteiger partial charge in [0, 0.05) is 32.7 Å². The van der Waals surface area contributed by atoms with Gasteiger partial charge in [-0.05, 0) is 32.6 Å². The fourth-order valence-corrected chi connectivity index (χ4v) is 4.03. The van der Waals surface area contributed by atoms with Crippen LogP contribution in [0.15, 0.2) is 60.9 Å². The molecular formula is C22H23BrN6. The Morgan fingerprint density at radius 1 is 0.931 bits per heavy atom. The van der Waals surface area contributed by atoms with Crippen LogP contribution >= 0.6 is 15.9 Å². The molecular weight excluding hydrogens is 428 g/mol. The fourth-order valence-electron chi connectivity index (χ4n) is 3.65. The van der Waals surface area contributed by atoms with E-state index in [-0.39, 0.29) is 4.62 Å². The Kier molecular flexibility index (Phi) is 5.87. The van der Waals surface area contributed by atoms with Crippen molar-refractivity contribution in [2.75, 3.05) is 36.8 Å². The van der Waals surface area contributed by atoms with Crippen LogP contribution in [-0.2, 0) is 6.54 Å². The summed E-state index contributed by atoms with van der Waals surface area (Å²) in [4.78, 5) is 13.0. The molecule has 2 aromatic carbocycles. The van der Waals surface area contributed by atoms with Gasteiger partial charge in [-0.2, -0.15) is 0 Å². The maximum absolute atomic E-state index is 7.92. The average molecular weight is 451 g/mol. The molecule has 7 heteroatoms. The minimum Gasteiger partial charge on any atom is -0.383 e. The second-order valence-electron chi connectivity index (χ2n) is 7.10. The average Bonchev–Trinajstić information content (AvgIpc) is 2.75. The Morgan fingerprint density at radius 3 is 2.24 bits per heavy atom. The quantitative estimate of drug-likeness (QED) is 0.578. The molecule has 1 aliphatic heterocycles. The largest absolute Gasteiger partial charge is 0.383 e. The summed E-state index contributed by atoms with van der Waals surface area (Å²) in [6, 6.07) is 19.2. The lowest BCUT2D eigenvalue weighted by Gasteiger charge is -2.36. The van der Waals surface area contributed by atoms with Gasteiger partial charge < -0.3 is 10.6 Å². The summed E-state index contributed by atoms with van der Waals surface area (Å²) >= 11 is 3.22.